The molecule has 1 aromatic heterocycles. The number of nitrogens with one attached hydrogen (secondary N) is 1. The molecule has 2 saturated heterocycles. The number of anilines is 1. The summed E-state index contributed by atoms with van der Waals surface area (Å²) < 4.78 is 1.46. The highest BCUT2D eigenvalue weighted by Crippen LogP contribution is 2.51. The van der Waals surface area contributed by atoms with E-state index in [0.29, 0.717) is 38.6 Å². The SMILES string of the molecule is CC(Cc1ccc(-n2ccc(NC(=O)N3CCN(C(=O)C[C@H](C)N)CC3)nc2=O)cc1)N1C[C@@H]2[C@@H](CN)[C@@H]2C1. The quantitative estimate of drug-likeness (QED) is 0.451. The van der Waals surface area contributed by atoms with Crippen molar-refractivity contribution in [1.82, 2.24) is 24.3 Å². The summed E-state index contributed by atoms with van der Waals surface area (Å²) in [4.78, 5) is 47.6. The number of aromatic nitrogens is 2. The molecular formula is C28H40N8O3. The fourth-order valence-corrected chi connectivity index (χ4v) is 6.08. The second-order valence-corrected chi connectivity index (χ2v) is 11.3. The minimum atomic E-state index is -0.467. The van der Waals surface area contributed by atoms with E-state index in [4.69, 9.17) is 11.5 Å². The number of benzene rings is 1. The van der Waals surface area contributed by atoms with E-state index in [1.165, 1.54) is 10.1 Å². The number of likely N-dealkylation sites (tertiary alicyclic amines) is 1. The van der Waals surface area contributed by atoms with Crippen LogP contribution in [-0.4, -0.2) is 94.1 Å². The van der Waals surface area contributed by atoms with Crippen LogP contribution in [-0.2, 0) is 11.2 Å². The van der Waals surface area contributed by atoms with Crippen molar-refractivity contribution in [2.24, 2.45) is 29.2 Å². The van der Waals surface area contributed by atoms with Gasteiger partial charge in [-0.05, 0) is 68.3 Å². The zero-order chi connectivity index (χ0) is 27.7. The summed E-state index contributed by atoms with van der Waals surface area (Å²) in [6.45, 7) is 8.92. The topological polar surface area (TPSA) is 143 Å². The summed E-state index contributed by atoms with van der Waals surface area (Å²) in [5, 5.41) is 2.70. The van der Waals surface area contributed by atoms with Gasteiger partial charge in [0.05, 0.1) is 5.69 Å². The third kappa shape index (κ3) is 6.15. The molecule has 1 unspecified atom stereocenters. The average Bonchev–Trinajstić information content (AvgIpc) is 3.38. The maximum absolute atomic E-state index is 12.7. The lowest BCUT2D eigenvalue weighted by molar-refractivity contribution is -0.132. The molecule has 0 radical (unpaired) electrons. The van der Waals surface area contributed by atoms with Crippen molar-refractivity contribution in [2.45, 2.75) is 38.8 Å². The van der Waals surface area contributed by atoms with Crippen LogP contribution >= 0.6 is 0 Å². The summed E-state index contributed by atoms with van der Waals surface area (Å²) >= 11 is 0. The number of nitrogens with two attached hydrogens (primary N) is 2. The second-order valence-electron chi connectivity index (χ2n) is 11.3. The normalized spacial score (nSPS) is 24.3. The zero-order valence-electron chi connectivity index (χ0n) is 22.8. The Kier molecular flexibility index (Phi) is 8.01. The van der Waals surface area contributed by atoms with Crippen LogP contribution in [0.25, 0.3) is 5.69 Å². The summed E-state index contributed by atoms with van der Waals surface area (Å²) in [5.74, 6) is 2.51. The highest BCUT2D eigenvalue weighted by molar-refractivity contribution is 5.88. The number of hydrogen-bond acceptors (Lipinski definition) is 7. The number of hydrogen-bond donors (Lipinski definition) is 3. The third-order valence-corrected chi connectivity index (χ3v) is 8.50. The largest absolute Gasteiger partial charge is 0.354 e. The number of amides is 3. The Balaban J connectivity index is 1.12. The van der Waals surface area contributed by atoms with E-state index in [1.54, 1.807) is 29.0 Å². The van der Waals surface area contributed by atoms with Gasteiger partial charge in [-0.25, -0.2) is 9.59 Å². The van der Waals surface area contributed by atoms with Gasteiger partial charge in [0.1, 0.15) is 5.82 Å². The van der Waals surface area contributed by atoms with Gasteiger partial charge in [0.15, 0.2) is 0 Å². The monoisotopic (exact) mass is 536 g/mol. The van der Waals surface area contributed by atoms with Crippen molar-refractivity contribution in [3.63, 3.8) is 0 Å². The number of piperazine rings is 1. The first kappa shape index (κ1) is 27.3. The molecule has 3 aliphatic rings. The zero-order valence-corrected chi connectivity index (χ0v) is 22.8. The van der Waals surface area contributed by atoms with Gasteiger partial charge in [-0.3, -0.25) is 19.6 Å². The molecular weight excluding hydrogens is 496 g/mol. The van der Waals surface area contributed by atoms with Crippen LogP contribution in [0.2, 0.25) is 0 Å². The van der Waals surface area contributed by atoms with Crippen molar-refractivity contribution in [1.29, 1.82) is 0 Å². The van der Waals surface area contributed by atoms with E-state index in [9.17, 15) is 14.4 Å². The van der Waals surface area contributed by atoms with Crippen molar-refractivity contribution >= 4 is 17.8 Å². The van der Waals surface area contributed by atoms with Gasteiger partial charge in [0.25, 0.3) is 0 Å². The Hall–Kier alpha value is -3.28. The lowest BCUT2D eigenvalue weighted by atomic mass is 10.0. The number of carbonyl (C=O) groups excluding carboxylic acids is 2. The Labute approximate surface area is 229 Å². The number of urea groups is 1. The van der Waals surface area contributed by atoms with Gasteiger partial charge < -0.3 is 21.3 Å². The minimum absolute atomic E-state index is 0.00166. The molecule has 11 heteroatoms. The van der Waals surface area contributed by atoms with E-state index < -0.39 is 5.69 Å². The Morgan fingerprint density at radius 1 is 1.03 bits per heavy atom. The van der Waals surface area contributed by atoms with Gasteiger partial charge in [-0.1, -0.05) is 12.1 Å². The summed E-state index contributed by atoms with van der Waals surface area (Å²) in [6, 6.07) is 9.54. The second kappa shape index (κ2) is 11.4. The van der Waals surface area contributed by atoms with Crippen molar-refractivity contribution in [3.8, 4) is 5.69 Å². The first-order valence-corrected chi connectivity index (χ1v) is 14.0. The van der Waals surface area contributed by atoms with Crippen LogP contribution in [0, 0.1) is 17.8 Å². The summed E-state index contributed by atoms with van der Waals surface area (Å²) in [7, 11) is 0. The predicted octanol–water partition coefficient (Wildman–Crippen LogP) is 0.713. The lowest BCUT2D eigenvalue weighted by Gasteiger charge is -2.35. The molecule has 210 valence electrons. The van der Waals surface area contributed by atoms with E-state index in [-0.39, 0.29) is 23.8 Å². The number of piperidine rings is 1. The van der Waals surface area contributed by atoms with Gasteiger partial charge >= 0.3 is 11.7 Å². The van der Waals surface area contributed by atoms with Crippen molar-refractivity contribution in [3.05, 3.63) is 52.6 Å². The lowest BCUT2D eigenvalue weighted by Crippen LogP contribution is -2.52. The van der Waals surface area contributed by atoms with Gasteiger partial charge in [0.2, 0.25) is 5.91 Å². The molecule has 3 fully saturated rings. The molecule has 3 amide bonds. The minimum Gasteiger partial charge on any atom is -0.339 e. The predicted molar refractivity (Wildman–Crippen MR) is 150 cm³/mol. The van der Waals surface area contributed by atoms with Crippen LogP contribution < -0.4 is 22.5 Å². The molecule has 5 atom stereocenters. The van der Waals surface area contributed by atoms with Crippen LogP contribution in [0.4, 0.5) is 10.6 Å². The van der Waals surface area contributed by atoms with Crippen LogP contribution in [0.3, 0.4) is 0 Å². The maximum atomic E-state index is 12.7. The molecule has 1 saturated carbocycles. The summed E-state index contributed by atoms with van der Waals surface area (Å²) in [5.41, 5.74) is 13.0. The fraction of sp³-hybridized carbons (Fsp3) is 0.571. The van der Waals surface area contributed by atoms with E-state index in [0.717, 1.165) is 49.5 Å². The highest BCUT2D eigenvalue weighted by Gasteiger charge is 2.55. The number of carbonyl (C=O) groups is 2. The van der Waals surface area contributed by atoms with E-state index in [1.807, 2.05) is 12.1 Å². The molecule has 3 heterocycles. The highest BCUT2D eigenvalue weighted by atomic mass is 16.2. The maximum Gasteiger partial charge on any atom is 0.354 e. The molecule has 5 N–H and O–H groups in total. The Morgan fingerprint density at radius 2 is 1.67 bits per heavy atom. The van der Waals surface area contributed by atoms with Gasteiger partial charge in [0, 0.05) is 64.0 Å². The Bertz CT molecular complexity index is 1230. The van der Waals surface area contributed by atoms with Crippen LogP contribution in [0.1, 0.15) is 25.8 Å². The van der Waals surface area contributed by atoms with Crippen molar-refractivity contribution < 1.29 is 9.59 Å². The molecule has 0 spiro atoms. The number of rotatable bonds is 8. The van der Waals surface area contributed by atoms with Gasteiger partial charge in [-0.15, -0.1) is 0 Å². The first-order valence-electron chi connectivity index (χ1n) is 14.0. The molecule has 5 rings (SSSR count). The van der Waals surface area contributed by atoms with Gasteiger partial charge in [-0.2, -0.15) is 4.98 Å². The fourth-order valence-electron chi connectivity index (χ4n) is 6.08. The van der Waals surface area contributed by atoms with E-state index in [2.05, 4.69) is 34.3 Å². The Morgan fingerprint density at radius 3 is 2.26 bits per heavy atom. The molecule has 39 heavy (non-hydrogen) atoms. The van der Waals surface area contributed by atoms with Crippen LogP contribution in [0.5, 0.6) is 0 Å². The number of fused-ring (bicyclic) bond motifs is 1. The van der Waals surface area contributed by atoms with Crippen LogP contribution in [0.15, 0.2) is 41.3 Å². The molecule has 11 nitrogen and oxygen atoms in total. The molecule has 2 aliphatic heterocycles. The first-order chi connectivity index (χ1) is 18.7. The molecule has 1 aromatic carbocycles. The molecule has 1 aliphatic carbocycles. The molecule has 0 bridgehead atoms. The molecule has 2 aromatic rings. The average molecular weight is 537 g/mol. The van der Waals surface area contributed by atoms with E-state index >= 15 is 0 Å². The standard InChI is InChI=1S/C28H40N8O3/c1-18(30)13-26(37)33-9-11-34(12-10-33)27(38)31-25-7-8-36(28(39)32-25)21-5-3-20(4-6-21)14-19(2)35-16-23-22(15-29)24(23)17-35/h3-8,18-19,22-24H,9-17,29-30H2,1-2H3,(H,31,32,38,39)/t18-,19?,22-,23-,24+/m0/s1. The smallest absolute Gasteiger partial charge is 0.339 e. The summed E-state index contributed by atoms with van der Waals surface area (Å²) in [6.07, 6.45) is 2.88. The number of nitrogens with zero attached hydrogens (tertiary/aromatic N) is 5. The van der Waals surface area contributed by atoms with Crippen molar-refractivity contribution in [2.75, 3.05) is 51.1 Å². The third-order valence-electron chi connectivity index (χ3n) is 8.50.